The number of benzene rings is 3. The van der Waals surface area contributed by atoms with Gasteiger partial charge in [0.15, 0.2) is 0 Å². The van der Waals surface area contributed by atoms with Crippen molar-refractivity contribution in [3.63, 3.8) is 0 Å². The van der Waals surface area contributed by atoms with Crippen molar-refractivity contribution in [2.75, 3.05) is 18.5 Å². The molecule has 1 aliphatic rings. The van der Waals surface area contributed by atoms with Gasteiger partial charge in [0.25, 0.3) is 5.91 Å². The Morgan fingerprint density at radius 2 is 1.84 bits per heavy atom. The Hall–Kier alpha value is -2.83. The van der Waals surface area contributed by atoms with Crippen molar-refractivity contribution in [2.24, 2.45) is 0 Å². The molecule has 1 saturated heterocycles. The number of rotatable bonds is 8. The van der Waals surface area contributed by atoms with Gasteiger partial charge in [-0.05, 0) is 76.8 Å². The normalized spacial score (nSPS) is 15.5. The van der Waals surface area contributed by atoms with E-state index < -0.39 is 0 Å². The van der Waals surface area contributed by atoms with E-state index in [0.29, 0.717) is 30.2 Å². The van der Waals surface area contributed by atoms with Crippen LogP contribution in [0.3, 0.4) is 0 Å². The van der Waals surface area contributed by atoms with Crippen LogP contribution < -0.4 is 14.8 Å². The summed E-state index contributed by atoms with van der Waals surface area (Å²) in [6.45, 7) is 1.82. The third-order valence-corrected chi connectivity index (χ3v) is 5.62. The molecule has 4 rings (SSSR count). The molecule has 5 nitrogen and oxygen atoms in total. The van der Waals surface area contributed by atoms with Crippen LogP contribution in [0.2, 0.25) is 0 Å². The van der Waals surface area contributed by atoms with Crippen LogP contribution in [0.4, 0.5) is 5.69 Å². The third-order valence-electron chi connectivity index (χ3n) is 5.00. The molecule has 1 fully saturated rings. The second kappa shape index (κ2) is 10.5. The van der Waals surface area contributed by atoms with Crippen molar-refractivity contribution in [2.45, 2.75) is 25.6 Å². The molecule has 1 atom stereocenters. The Kier molecular flexibility index (Phi) is 7.22. The molecule has 160 valence electrons. The fourth-order valence-electron chi connectivity index (χ4n) is 3.30. The monoisotopic (exact) mass is 481 g/mol. The fourth-order valence-corrected chi connectivity index (χ4v) is 3.79. The van der Waals surface area contributed by atoms with Gasteiger partial charge in [-0.15, -0.1) is 0 Å². The number of anilines is 1. The van der Waals surface area contributed by atoms with E-state index in [4.69, 9.17) is 14.2 Å². The van der Waals surface area contributed by atoms with Crippen molar-refractivity contribution in [3.8, 4) is 11.5 Å². The SMILES string of the molecule is O=C(Nc1ccc(OCc2ccccc2)cc1)c1ccc(OCC2CCCO2)c(Br)c1. The van der Waals surface area contributed by atoms with Gasteiger partial charge in [0, 0.05) is 17.9 Å². The van der Waals surface area contributed by atoms with Crippen molar-refractivity contribution < 1.29 is 19.0 Å². The minimum absolute atomic E-state index is 0.148. The number of amides is 1. The van der Waals surface area contributed by atoms with Crippen molar-refractivity contribution in [1.82, 2.24) is 0 Å². The van der Waals surface area contributed by atoms with Gasteiger partial charge in [0.1, 0.15) is 24.7 Å². The maximum atomic E-state index is 12.6. The molecule has 1 N–H and O–H groups in total. The van der Waals surface area contributed by atoms with E-state index in [1.807, 2.05) is 54.6 Å². The molecule has 3 aromatic rings. The van der Waals surface area contributed by atoms with Crippen molar-refractivity contribution in [1.29, 1.82) is 0 Å². The number of hydrogen-bond donors (Lipinski definition) is 1. The third kappa shape index (κ3) is 6.09. The molecule has 3 aromatic carbocycles. The maximum Gasteiger partial charge on any atom is 0.255 e. The van der Waals surface area contributed by atoms with Gasteiger partial charge in [0.2, 0.25) is 0 Å². The Bertz CT molecular complexity index is 1000. The first-order valence-electron chi connectivity index (χ1n) is 10.3. The second-order valence-electron chi connectivity index (χ2n) is 7.34. The molecule has 1 aliphatic heterocycles. The number of nitrogens with one attached hydrogen (secondary N) is 1. The van der Waals surface area contributed by atoms with Gasteiger partial charge in [-0.1, -0.05) is 30.3 Å². The highest BCUT2D eigenvalue weighted by Gasteiger charge is 2.17. The Balaban J connectivity index is 1.30. The molecular formula is C25H24BrNO4. The van der Waals surface area contributed by atoms with Gasteiger partial charge in [-0.25, -0.2) is 0 Å². The predicted molar refractivity (Wildman–Crippen MR) is 124 cm³/mol. The van der Waals surface area contributed by atoms with Gasteiger partial charge in [-0.3, -0.25) is 4.79 Å². The van der Waals surface area contributed by atoms with Crippen LogP contribution in [0.25, 0.3) is 0 Å². The molecule has 0 aromatic heterocycles. The van der Waals surface area contributed by atoms with Gasteiger partial charge < -0.3 is 19.5 Å². The summed E-state index contributed by atoms with van der Waals surface area (Å²) >= 11 is 3.49. The van der Waals surface area contributed by atoms with E-state index in [1.165, 1.54) is 0 Å². The molecule has 0 radical (unpaired) electrons. The maximum absolute atomic E-state index is 12.6. The molecule has 31 heavy (non-hydrogen) atoms. The average Bonchev–Trinajstić information content (AvgIpc) is 3.32. The molecule has 0 bridgehead atoms. The summed E-state index contributed by atoms with van der Waals surface area (Å²) < 4.78 is 17.9. The average molecular weight is 482 g/mol. The molecular weight excluding hydrogens is 458 g/mol. The van der Waals surface area contributed by atoms with Gasteiger partial charge in [-0.2, -0.15) is 0 Å². The fraction of sp³-hybridized carbons (Fsp3) is 0.240. The Labute approximate surface area is 190 Å². The highest BCUT2D eigenvalue weighted by Crippen LogP contribution is 2.27. The van der Waals surface area contributed by atoms with Crippen molar-refractivity contribution >= 4 is 27.5 Å². The van der Waals surface area contributed by atoms with Crippen molar-refractivity contribution in [3.05, 3.63) is 88.4 Å². The van der Waals surface area contributed by atoms with E-state index in [-0.39, 0.29) is 12.0 Å². The molecule has 0 saturated carbocycles. The standard InChI is InChI=1S/C25H24BrNO4/c26-23-15-19(8-13-24(23)31-17-22-7-4-14-29-22)25(28)27-20-9-11-21(12-10-20)30-16-18-5-2-1-3-6-18/h1-3,5-6,8-13,15,22H,4,7,14,16-17H2,(H,27,28). The summed E-state index contributed by atoms with van der Waals surface area (Å²) in [5.74, 6) is 1.26. The first kappa shape index (κ1) is 21.4. The van der Waals surface area contributed by atoms with Crippen LogP contribution >= 0.6 is 15.9 Å². The lowest BCUT2D eigenvalue weighted by molar-refractivity contribution is 0.0677. The van der Waals surface area contributed by atoms with Crippen LogP contribution in [0, 0.1) is 0 Å². The summed E-state index contributed by atoms with van der Waals surface area (Å²) in [4.78, 5) is 12.6. The minimum Gasteiger partial charge on any atom is -0.490 e. The molecule has 1 heterocycles. The number of hydrogen-bond acceptors (Lipinski definition) is 4. The Morgan fingerprint density at radius 1 is 1.03 bits per heavy atom. The van der Waals surface area contributed by atoms with E-state index in [9.17, 15) is 4.79 Å². The van der Waals surface area contributed by atoms with E-state index in [1.54, 1.807) is 18.2 Å². The lowest BCUT2D eigenvalue weighted by Gasteiger charge is -2.13. The summed E-state index contributed by atoms with van der Waals surface area (Å²) in [6.07, 6.45) is 2.25. The number of carbonyl (C=O) groups excluding carboxylic acids is 1. The van der Waals surface area contributed by atoms with Crippen LogP contribution in [0.5, 0.6) is 11.5 Å². The van der Waals surface area contributed by atoms with E-state index >= 15 is 0 Å². The zero-order chi connectivity index (χ0) is 21.5. The number of carbonyl (C=O) groups is 1. The first-order chi connectivity index (χ1) is 15.2. The summed E-state index contributed by atoms with van der Waals surface area (Å²) in [5, 5.41) is 2.91. The lowest BCUT2D eigenvalue weighted by atomic mass is 10.2. The number of halogens is 1. The Morgan fingerprint density at radius 3 is 2.55 bits per heavy atom. The zero-order valence-corrected chi connectivity index (χ0v) is 18.6. The van der Waals surface area contributed by atoms with Gasteiger partial charge in [0.05, 0.1) is 10.6 Å². The predicted octanol–water partition coefficient (Wildman–Crippen LogP) is 5.84. The largest absolute Gasteiger partial charge is 0.490 e. The highest BCUT2D eigenvalue weighted by molar-refractivity contribution is 9.10. The van der Waals surface area contributed by atoms with E-state index in [2.05, 4.69) is 21.2 Å². The number of ether oxygens (including phenoxy) is 3. The van der Waals surface area contributed by atoms with Crippen LogP contribution in [0.15, 0.2) is 77.3 Å². The molecule has 0 spiro atoms. The lowest BCUT2D eigenvalue weighted by Crippen LogP contribution is -2.16. The smallest absolute Gasteiger partial charge is 0.255 e. The van der Waals surface area contributed by atoms with Crippen LogP contribution in [0.1, 0.15) is 28.8 Å². The molecule has 1 amide bonds. The second-order valence-corrected chi connectivity index (χ2v) is 8.20. The summed E-state index contributed by atoms with van der Waals surface area (Å²) in [6, 6.07) is 22.6. The van der Waals surface area contributed by atoms with E-state index in [0.717, 1.165) is 35.2 Å². The topological polar surface area (TPSA) is 56.8 Å². The summed E-state index contributed by atoms with van der Waals surface area (Å²) in [5.41, 5.74) is 2.35. The molecule has 1 unspecified atom stereocenters. The zero-order valence-electron chi connectivity index (χ0n) is 17.1. The first-order valence-corrected chi connectivity index (χ1v) is 11.1. The minimum atomic E-state index is -0.190. The summed E-state index contributed by atoms with van der Waals surface area (Å²) in [7, 11) is 0. The van der Waals surface area contributed by atoms with Crippen LogP contribution in [-0.2, 0) is 11.3 Å². The molecule has 0 aliphatic carbocycles. The van der Waals surface area contributed by atoms with Gasteiger partial charge >= 0.3 is 0 Å². The van der Waals surface area contributed by atoms with Crippen LogP contribution in [-0.4, -0.2) is 25.2 Å². The highest BCUT2D eigenvalue weighted by atomic mass is 79.9. The molecule has 6 heteroatoms. The quantitative estimate of drug-likeness (QED) is 0.439.